The molecule has 1 saturated heterocycles. The van der Waals surface area contributed by atoms with Crippen LogP contribution in [0.5, 0.6) is 11.5 Å². The molecule has 0 saturated carbocycles. The molecular weight excluding hydrogens is 252 g/mol. The second-order valence-corrected chi connectivity index (χ2v) is 5.32. The van der Waals surface area contributed by atoms with Gasteiger partial charge in [0.2, 0.25) is 0 Å². The summed E-state index contributed by atoms with van der Waals surface area (Å²) in [5, 5.41) is 3.45. The van der Waals surface area contributed by atoms with E-state index in [0.717, 1.165) is 57.3 Å². The molecule has 1 fully saturated rings. The van der Waals surface area contributed by atoms with Gasteiger partial charge in [0.25, 0.3) is 0 Å². The van der Waals surface area contributed by atoms with Gasteiger partial charge in [0.1, 0.15) is 18.1 Å². The van der Waals surface area contributed by atoms with Gasteiger partial charge in [-0.25, -0.2) is 0 Å². The number of hydrogen-bond acceptors (Lipinski definition) is 4. The predicted octanol–water partition coefficient (Wildman–Crippen LogP) is 2.15. The third-order valence-electron chi connectivity index (χ3n) is 3.43. The maximum Gasteiger partial charge on any atom is 0.119 e. The Hall–Kier alpha value is -1.26. The van der Waals surface area contributed by atoms with Crippen LogP contribution >= 0.6 is 0 Å². The van der Waals surface area contributed by atoms with E-state index in [2.05, 4.69) is 24.1 Å². The molecule has 1 atom stereocenters. The van der Waals surface area contributed by atoms with Crippen LogP contribution in [0, 0.1) is 0 Å². The molecule has 0 amide bonds. The summed E-state index contributed by atoms with van der Waals surface area (Å²) in [4.78, 5) is 2.44. The lowest BCUT2D eigenvalue weighted by Crippen LogP contribution is -2.50. The minimum Gasteiger partial charge on any atom is -0.494 e. The molecule has 4 heteroatoms. The van der Waals surface area contributed by atoms with Gasteiger partial charge in [0.15, 0.2) is 0 Å². The number of ether oxygens (including phenoxy) is 2. The molecule has 4 nitrogen and oxygen atoms in total. The first kappa shape index (κ1) is 15.1. The van der Waals surface area contributed by atoms with E-state index in [0.29, 0.717) is 6.04 Å². The quantitative estimate of drug-likeness (QED) is 0.828. The van der Waals surface area contributed by atoms with Crippen LogP contribution in [0.4, 0.5) is 0 Å². The van der Waals surface area contributed by atoms with Gasteiger partial charge in [0.05, 0.1) is 6.61 Å². The molecule has 1 aromatic rings. The maximum atomic E-state index is 5.79. The van der Waals surface area contributed by atoms with E-state index in [-0.39, 0.29) is 0 Å². The lowest BCUT2D eigenvalue weighted by Gasteiger charge is -2.31. The molecule has 0 aromatic heterocycles. The van der Waals surface area contributed by atoms with Crippen LogP contribution in [0.2, 0.25) is 0 Å². The van der Waals surface area contributed by atoms with E-state index < -0.39 is 0 Å². The number of piperazine rings is 1. The minimum absolute atomic E-state index is 0.582. The summed E-state index contributed by atoms with van der Waals surface area (Å²) in [6, 6.07) is 8.48. The highest BCUT2D eigenvalue weighted by atomic mass is 16.5. The SMILES string of the molecule is CCCOc1ccc(OCCN2CCN[C@@H](C)C2)cc1. The number of benzene rings is 1. The fraction of sp³-hybridized carbons (Fsp3) is 0.625. The normalized spacial score (nSPS) is 19.8. The van der Waals surface area contributed by atoms with Crippen molar-refractivity contribution < 1.29 is 9.47 Å². The standard InChI is InChI=1S/C16H26N2O2/c1-3-11-19-15-4-6-16(7-5-15)20-12-10-18-9-8-17-14(2)13-18/h4-7,14,17H,3,8-13H2,1-2H3/t14-/m0/s1. The Morgan fingerprint density at radius 2 is 1.80 bits per heavy atom. The van der Waals surface area contributed by atoms with Crippen LogP contribution in [0.25, 0.3) is 0 Å². The Bertz CT molecular complexity index is 381. The summed E-state index contributed by atoms with van der Waals surface area (Å²) in [7, 11) is 0. The summed E-state index contributed by atoms with van der Waals surface area (Å²) in [6.45, 7) is 10.1. The van der Waals surface area contributed by atoms with E-state index in [9.17, 15) is 0 Å². The second-order valence-electron chi connectivity index (χ2n) is 5.32. The molecule has 0 unspecified atom stereocenters. The zero-order valence-electron chi connectivity index (χ0n) is 12.6. The maximum absolute atomic E-state index is 5.79. The van der Waals surface area contributed by atoms with Crippen LogP contribution in [-0.4, -0.2) is 50.3 Å². The Morgan fingerprint density at radius 1 is 1.15 bits per heavy atom. The van der Waals surface area contributed by atoms with Crippen molar-refractivity contribution in [3.63, 3.8) is 0 Å². The summed E-state index contributed by atoms with van der Waals surface area (Å²) in [5.41, 5.74) is 0. The number of rotatable bonds is 7. The van der Waals surface area contributed by atoms with Gasteiger partial charge in [-0.1, -0.05) is 6.92 Å². The van der Waals surface area contributed by atoms with Gasteiger partial charge in [-0.3, -0.25) is 4.90 Å². The summed E-state index contributed by atoms with van der Waals surface area (Å²) < 4.78 is 11.3. The highest BCUT2D eigenvalue weighted by molar-refractivity contribution is 5.31. The monoisotopic (exact) mass is 278 g/mol. The summed E-state index contributed by atoms with van der Waals surface area (Å²) in [5.74, 6) is 1.83. The van der Waals surface area contributed by atoms with Crippen molar-refractivity contribution in [3.8, 4) is 11.5 Å². The van der Waals surface area contributed by atoms with E-state index in [1.54, 1.807) is 0 Å². The lowest BCUT2D eigenvalue weighted by molar-refractivity contribution is 0.170. The Labute approximate surface area is 122 Å². The van der Waals surface area contributed by atoms with E-state index >= 15 is 0 Å². The molecule has 1 aliphatic rings. The molecule has 0 spiro atoms. The molecular formula is C16H26N2O2. The zero-order valence-corrected chi connectivity index (χ0v) is 12.6. The zero-order chi connectivity index (χ0) is 14.2. The molecule has 112 valence electrons. The number of hydrogen-bond donors (Lipinski definition) is 1. The topological polar surface area (TPSA) is 33.7 Å². The fourth-order valence-corrected chi connectivity index (χ4v) is 2.36. The van der Waals surface area contributed by atoms with Crippen molar-refractivity contribution >= 4 is 0 Å². The van der Waals surface area contributed by atoms with Gasteiger partial charge in [-0.05, 0) is 37.6 Å². The van der Waals surface area contributed by atoms with Gasteiger partial charge in [-0.2, -0.15) is 0 Å². The molecule has 0 aliphatic carbocycles. The molecule has 1 aromatic carbocycles. The summed E-state index contributed by atoms with van der Waals surface area (Å²) >= 11 is 0. The van der Waals surface area contributed by atoms with Crippen LogP contribution in [0.15, 0.2) is 24.3 Å². The lowest BCUT2D eigenvalue weighted by atomic mass is 10.2. The Kier molecular flexibility index (Phi) is 6.15. The first-order valence-corrected chi connectivity index (χ1v) is 7.59. The van der Waals surface area contributed by atoms with Crippen LogP contribution in [0.3, 0.4) is 0 Å². The van der Waals surface area contributed by atoms with Gasteiger partial charge in [0, 0.05) is 32.2 Å². The van der Waals surface area contributed by atoms with E-state index in [1.165, 1.54) is 0 Å². The van der Waals surface area contributed by atoms with Crippen molar-refractivity contribution in [3.05, 3.63) is 24.3 Å². The van der Waals surface area contributed by atoms with E-state index in [4.69, 9.17) is 9.47 Å². The van der Waals surface area contributed by atoms with Crippen molar-refractivity contribution in [2.45, 2.75) is 26.3 Å². The highest BCUT2D eigenvalue weighted by Gasteiger charge is 2.14. The molecule has 1 aliphatic heterocycles. The molecule has 1 N–H and O–H groups in total. The Balaban J connectivity index is 1.68. The van der Waals surface area contributed by atoms with Crippen LogP contribution < -0.4 is 14.8 Å². The van der Waals surface area contributed by atoms with Crippen LogP contribution in [0.1, 0.15) is 20.3 Å². The third kappa shape index (κ3) is 5.02. The molecule has 1 heterocycles. The summed E-state index contributed by atoms with van der Waals surface area (Å²) in [6.07, 6.45) is 1.03. The largest absolute Gasteiger partial charge is 0.494 e. The van der Waals surface area contributed by atoms with E-state index in [1.807, 2.05) is 24.3 Å². The number of nitrogens with zero attached hydrogens (tertiary/aromatic N) is 1. The second kappa shape index (κ2) is 8.12. The first-order valence-electron chi connectivity index (χ1n) is 7.59. The smallest absolute Gasteiger partial charge is 0.119 e. The molecule has 0 bridgehead atoms. The number of nitrogens with one attached hydrogen (secondary N) is 1. The average Bonchev–Trinajstić information content (AvgIpc) is 2.46. The van der Waals surface area contributed by atoms with Crippen molar-refractivity contribution in [1.82, 2.24) is 10.2 Å². The van der Waals surface area contributed by atoms with Crippen molar-refractivity contribution in [2.75, 3.05) is 39.4 Å². The van der Waals surface area contributed by atoms with Crippen LogP contribution in [-0.2, 0) is 0 Å². The predicted molar refractivity (Wildman–Crippen MR) is 81.6 cm³/mol. The minimum atomic E-state index is 0.582. The van der Waals surface area contributed by atoms with Gasteiger partial charge >= 0.3 is 0 Å². The fourth-order valence-electron chi connectivity index (χ4n) is 2.36. The first-order chi connectivity index (χ1) is 9.78. The molecule has 20 heavy (non-hydrogen) atoms. The third-order valence-corrected chi connectivity index (χ3v) is 3.43. The average molecular weight is 278 g/mol. The van der Waals surface area contributed by atoms with Crippen molar-refractivity contribution in [2.24, 2.45) is 0 Å². The highest BCUT2D eigenvalue weighted by Crippen LogP contribution is 2.17. The van der Waals surface area contributed by atoms with Gasteiger partial charge in [-0.15, -0.1) is 0 Å². The Morgan fingerprint density at radius 3 is 2.40 bits per heavy atom. The van der Waals surface area contributed by atoms with Gasteiger partial charge < -0.3 is 14.8 Å². The molecule has 0 radical (unpaired) electrons. The van der Waals surface area contributed by atoms with Crippen molar-refractivity contribution in [1.29, 1.82) is 0 Å². The molecule has 2 rings (SSSR count).